The SMILES string of the molecule is COc1ccc(C(=O)N2C[C@@H]3CN(C)[C@@H](c4ccccc4C)[C@@H]3C2)cc1Cl.Cl. The normalized spacial score (nSPS) is 24.0. The maximum Gasteiger partial charge on any atom is 0.253 e. The monoisotopic (exact) mass is 420 g/mol. The number of amides is 1. The molecule has 0 unspecified atom stereocenters. The summed E-state index contributed by atoms with van der Waals surface area (Å²) in [5, 5.41) is 0.472. The lowest BCUT2D eigenvalue weighted by atomic mass is 9.88. The Hall–Kier alpha value is -1.75. The first-order valence-corrected chi connectivity index (χ1v) is 9.76. The Morgan fingerprint density at radius 2 is 1.89 bits per heavy atom. The lowest BCUT2D eigenvalue weighted by molar-refractivity contribution is 0.0768. The Labute approximate surface area is 177 Å². The third kappa shape index (κ3) is 3.61. The van der Waals surface area contributed by atoms with Gasteiger partial charge in [0.1, 0.15) is 5.75 Å². The van der Waals surface area contributed by atoms with Crippen molar-refractivity contribution in [1.82, 2.24) is 9.80 Å². The number of benzene rings is 2. The van der Waals surface area contributed by atoms with Crippen molar-refractivity contribution in [3.05, 3.63) is 64.2 Å². The van der Waals surface area contributed by atoms with Gasteiger partial charge in [-0.25, -0.2) is 0 Å². The second-order valence-electron chi connectivity index (χ2n) is 7.72. The van der Waals surface area contributed by atoms with Gasteiger partial charge in [0.15, 0.2) is 0 Å². The average Bonchev–Trinajstić information content (AvgIpc) is 3.18. The van der Waals surface area contributed by atoms with Gasteiger partial charge in [0.05, 0.1) is 12.1 Å². The Morgan fingerprint density at radius 3 is 2.57 bits per heavy atom. The molecular formula is C22H26Cl2N2O2. The molecule has 2 heterocycles. The van der Waals surface area contributed by atoms with Gasteiger partial charge in [0.2, 0.25) is 0 Å². The first-order valence-electron chi connectivity index (χ1n) is 9.38. The van der Waals surface area contributed by atoms with Gasteiger partial charge in [0, 0.05) is 37.2 Å². The summed E-state index contributed by atoms with van der Waals surface area (Å²) in [6.45, 7) is 4.79. The summed E-state index contributed by atoms with van der Waals surface area (Å²) in [4.78, 5) is 17.5. The van der Waals surface area contributed by atoms with Crippen LogP contribution in [-0.2, 0) is 0 Å². The Morgan fingerprint density at radius 1 is 1.14 bits per heavy atom. The molecule has 3 atom stereocenters. The summed E-state index contributed by atoms with van der Waals surface area (Å²) in [6, 6.07) is 14.2. The number of likely N-dealkylation sites (tertiary alicyclic amines) is 2. The van der Waals surface area contributed by atoms with Crippen molar-refractivity contribution in [2.45, 2.75) is 13.0 Å². The molecule has 4 rings (SSSR count). The highest BCUT2D eigenvalue weighted by Gasteiger charge is 2.47. The van der Waals surface area contributed by atoms with Gasteiger partial charge in [-0.15, -0.1) is 12.4 Å². The van der Waals surface area contributed by atoms with Crippen molar-refractivity contribution in [3.8, 4) is 5.75 Å². The van der Waals surface area contributed by atoms with Crippen LogP contribution in [0.2, 0.25) is 5.02 Å². The maximum absolute atomic E-state index is 13.0. The fraction of sp³-hybridized carbons (Fsp3) is 0.409. The van der Waals surface area contributed by atoms with Crippen LogP contribution in [0.3, 0.4) is 0 Å². The number of hydrogen-bond acceptors (Lipinski definition) is 3. The maximum atomic E-state index is 13.0. The molecule has 28 heavy (non-hydrogen) atoms. The molecule has 2 aliphatic rings. The fourth-order valence-electron chi connectivity index (χ4n) is 4.79. The highest BCUT2D eigenvalue weighted by Crippen LogP contribution is 2.45. The zero-order valence-corrected chi connectivity index (χ0v) is 18.0. The number of hydrogen-bond donors (Lipinski definition) is 0. The second-order valence-corrected chi connectivity index (χ2v) is 8.13. The van der Waals surface area contributed by atoms with Crippen LogP contribution in [0.4, 0.5) is 0 Å². The molecule has 1 amide bonds. The number of carbonyl (C=O) groups is 1. The molecule has 2 fully saturated rings. The summed E-state index contributed by atoms with van der Waals surface area (Å²) >= 11 is 6.21. The third-order valence-corrected chi connectivity index (χ3v) is 6.38. The molecule has 2 aromatic rings. The van der Waals surface area contributed by atoms with E-state index in [1.807, 2.05) is 4.90 Å². The van der Waals surface area contributed by atoms with Gasteiger partial charge in [-0.2, -0.15) is 0 Å². The molecule has 0 saturated carbocycles. The number of nitrogens with zero attached hydrogens (tertiary/aromatic N) is 2. The van der Waals surface area contributed by atoms with Crippen molar-refractivity contribution in [1.29, 1.82) is 0 Å². The zero-order chi connectivity index (χ0) is 19.1. The van der Waals surface area contributed by atoms with E-state index >= 15 is 0 Å². The fourth-order valence-corrected chi connectivity index (χ4v) is 5.05. The average molecular weight is 421 g/mol. The van der Waals surface area contributed by atoms with E-state index in [1.54, 1.807) is 25.3 Å². The summed E-state index contributed by atoms with van der Waals surface area (Å²) in [7, 11) is 3.78. The Kier molecular flexibility index (Phi) is 6.23. The van der Waals surface area contributed by atoms with E-state index in [2.05, 4.69) is 43.1 Å². The van der Waals surface area contributed by atoms with E-state index in [-0.39, 0.29) is 18.3 Å². The molecule has 0 radical (unpaired) electrons. The molecule has 0 aliphatic carbocycles. The first-order chi connectivity index (χ1) is 13.0. The predicted octanol–water partition coefficient (Wildman–Crippen LogP) is 4.45. The van der Waals surface area contributed by atoms with Gasteiger partial charge in [-0.3, -0.25) is 9.69 Å². The van der Waals surface area contributed by atoms with Gasteiger partial charge >= 0.3 is 0 Å². The molecular weight excluding hydrogens is 395 g/mol. The number of rotatable bonds is 3. The van der Waals surface area contributed by atoms with E-state index in [0.29, 0.717) is 34.2 Å². The largest absolute Gasteiger partial charge is 0.495 e. The van der Waals surface area contributed by atoms with E-state index < -0.39 is 0 Å². The van der Waals surface area contributed by atoms with Gasteiger partial charge in [-0.1, -0.05) is 35.9 Å². The zero-order valence-electron chi connectivity index (χ0n) is 16.4. The third-order valence-electron chi connectivity index (χ3n) is 6.09. The summed E-state index contributed by atoms with van der Waals surface area (Å²) < 4.78 is 5.19. The number of ether oxygens (including phenoxy) is 1. The van der Waals surface area contributed by atoms with E-state index in [1.165, 1.54) is 11.1 Å². The molecule has 0 aromatic heterocycles. The second kappa shape index (κ2) is 8.32. The van der Waals surface area contributed by atoms with Crippen LogP contribution < -0.4 is 4.74 Å². The minimum atomic E-state index is 0. The quantitative estimate of drug-likeness (QED) is 0.734. The minimum Gasteiger partial charge on any atom is -0.495 e. The topological polar surface area (TPSA) is 32.8 Å². The van der Waals surface area contributed by atoms with Crippen LogP contribution in [0.5, 0.6) is 5.75 Å². The smallest absolute Gasteiger partial charge is 0.253 e. The summed E-state index contributed by atoms with van der Waals surface area (Å²) in [5.74, 6) is 1.62. The van der Waals surface area contributed by atoms with Gasteiger partial charge < -0.3 is 9.64 Å². The summed E-state index contributed by atoms with van der Waals surface area (Å²) in [6.07, 6.45) is 0. The van der Waals surface area contributed by atoms with Crippen molar-refractivity contribution in [3.63, 3.8) is 0 Å². The lowest BCUT2D eigenvalue weighted by Gasteiger charge is -2.28. The van der Waals surface area contributed by atoms with E-state index in [9.17, 15) is 4.79 Å². The van der Waals surface area contributed by atoms with Crippen LogP contribution in [0.15, 0.2) is 42.5 Å². The van der Waals surface area contributed by atoms with E-state index in [4.69, 9.17) is 16.3 Å². The Balaban J connectivity index is 0.00000225. The molecule has 2 saturated heterocycles. The van der Waals surface area contributed by atoms with Crippen molar-refractivity contribution < 1.29 is 9.53 Å². The number of aryl methyl sites for hydroxylation is 1. The van der Waals surface area contributed by atoms with Gasteiger partial charge in [-0.05, 0) is 49.2 Å². The van der Waals surface area contributed by atoms with Crippen LogP contribution in [0.25, 0.3) is 0 Å². The van der Waals surface area contributed by atoms with Crippen LogP contribution >= 0.6 is 24.0 Å². The number of fused-ring (bicyclic) bond motifs is 1. The van der Waals surface area contributed by atoms with Crippen molar-refractivity contribution in [2.24, 2.45) is 11.8 Å². The van der Waals surface area contributed by atoms with Gasteiger partial charge in [0.25, 0.3) is 5.91 Å². The first kappa shape index (κ1) is 21.0. The minimum absolute atomic E-state index is 0. The standard InChI is InChI=1S/C22H25ClN2O2.ClH/c1-14-6-4-5-7-17(14)21-18-13-25(12-16(18)11-24(21)2)22(26)15-8-9-20(27-3)19(23)10-15;/h4-10,16,18,21H,11-13H2,1-3H3;1H/t16-,18+,21-;/m0./s1. The predicted molar refractivity (Wildman–Crippen MR) is 115 cm³/mol. The molecule has 0 bridgehead atoms. The molecule has 150 valence electrons. The van der Waals surface area contributed by atoms with Crippen molar-refractivity contribution >= 4 is 29.9 Å². The molecule has 6 heteroatoms. The number of carbonyl (C=O) groups excluding carboxylic acids is 1. The molecule has 2 aromatic carbocycles. The van der Waals surface area contributed by atoms with Crippen molar-refractivity contribution in [2.75, 3.05) is 33.8 Å². The highest BCUT2D eigenvalue weighted by molar-refractivity contribution is 6.32. The molecule has 0 spiro atoms. The molecule has 0 N–H and O–H groups in total. The number of methoxy groups -OCH3 is 1. The Bertz CT molecular complexity index is 873. The van der Waals surface area contributed by atoms with Crippen LogP contribution in [-0.4, -0.2) is 49.5 Å². The van der Waals surface area contributed by atoms with Crippen LogP contribution in [0, 0.1) is 18.8 Å². The van der Waals surface area contributed by atoms with E-state index in [0.717, 1.165) is 19.6 Å². The lowest BCUT2D eigenvalue weighted by Crippen LogP contribution is -2.33. The van der Waals surface area contributed by atoms with Crippen LogP contribution in [0.1, 0.15) is 27.5 Å². The molecule has 4 nitrogen and oxygen atoms in total. The molecule has 2 aliphatic heterocycles. The highest BCUT2D eigenvalue weighted by atomic mass is 35.5. The summed E-state index contributed by atoms with van der Waals surface area (Å²) in [5.41, 5.74) is 3.33. The number of halogens is 2.